The molecule has 0 spiro atoms. The summed E-state index contributed by atoms with van der Waals surface area (Å²) in [5.74, 6) is 2.24. The first-order chi connectivity index (χ1) is 7.18. The Kier molecular flexibility index (Phi) is 6.05. The third-order valence-corrected chi connectivity index (χ3v) is 3.45. The van der Waals surface area contributed by atoms with E-state index in [-0.39, 0.29) is 12.0 Å². The molecule has 2 atom stereocenters. The number of carbonyl (C=O) groups is 1. The molecule has 1 aliphatic rings. The number of hydrogen-bond acceptors (Lipinski definition) is 4. The maximum atomic E-state index is 11.5. The molecule has 0 bridgehead atoms. The molecule has 3 N–H and O–H groups in total. The van der Waals surface area contributed by atoms with Gasteiger partial charge < -0.3 is 15.7 Å². The van der Waals surface area contributed by atoms with Crippen molar-refractivity contribution >= 4 is 17.7 Å². The lowest BCUT2D eigenvalue weighted by molar-refractivity contribution is -0.121. The van der Waals surface area contributed by atoms with E-state index in [1.165, 1.54) is 0 Å². The van der Waals surface area contributed by atoms with Crippen LogP contribution in [-0.4, -0.2) is 47.8 Å². The summed E-state index contributed by atoms with van der Waals surface area (Å²) in [6, 6.07) is 0.315. The van der Waals surface area contributed by atoms with Gasteiger partial charge in [0, 0.05) is 37.1 Å². The van der Waals surface area contributed by atoms with Crippen molar-refractivity contribution in [2.75, 3.05) is 24.6 Å². The molecule has 0 saturated carbocycles. The zero-order chi connectivity index (χ0) is 11.1. The Bertz CT molecular complexity index is 194. The minimum atomic E-state index is -0.339. The fourth-order valence-electron chi connectivity index (χ4n) is 1.47. The van der Waals surface area contributed by atoms with Crippen molar-refractivity contribution in [1.82, 2.24) is 10.6 Å². The van der Waals surface area contributed by atoms with Crippen LogP contribution in [-0.2, 0) is 4.79 Å². The van der Waals surface area contributed by atoms with E-state index < -0.39 is 0 Å². The molecule has 1 amide bonds. The third kappa shape index (κ3) is 6.02. The van der Waals surface area contributed by atoms with Gasteiger partial charge in [-0.15, -0.1) is 0 Å². The van der Waals surface area contributed by atoms with Gasteiger partial charge in [0.1, 0.15) is 0 Å². The highest BCUT2D eigenvalue weighted by Gasteiger charge is 2.16. The molecule has 0 radical (unpaired) electrons. The maximum absolute atomic E-state index is 11.5. The number of carbonyl (C=O) groups excluding carboxylic acids is 1. The first kappa shape index (κ1) is 12.8. The molecule has 2 unspecified atom stereocenters. The van der Waals surface area contributed by atoms with Gasteiger partial charge in [0.25, 0.3) is 0 Å². The van der Waals surface area contributed by atoms with Gasteiger partial charge in [-0.2, -0.15) is 11.8 Å². The fourth-order valence-corrected chi connectivity index (χ4v) is 2.42. The van der Waals surface area contributed by atoms with Crippen molar-refractivity contribution in [1.29, 1.82) is 0 Å². The Labute approximate surface area is 95.2 Å². The van der Waals surface area contributed by atoms with Crippen molar-refractivity contribution in [3.63, 3.8) is 0 Å². The number of nitrogens with one attached hydrogen (secondary N) is 2. The van der Waals surface area contributed by atoms with Gasteiger partial charge in [-0.1, -0.05) is 0 Å². The number of aliphatic hydroxyl groups is 1. The van der Waals surface area contributed by atoms with Crippen molar-refractivity contribution in [2.24, 2.45) is 0 Å². The second kappa shape index (κ2) is 7.09. The van der Waals surface area contributed by atoms with E-state index in [2.05, 4.69) is 10.6 Å². The quantitative estimate of drug-likeness (QED) is 0.623. The fraction of sp³-hybridized carbons (Fsp3) is 0.900. The average Bonchev–Trinajstić information content (AvgIpc) is 2.18. The van der Waals surface area contributed by atoms with Gasteiger partial charge in [-0.05, 0) is 13.3 Å². The summed E-state index contributed by atoms with van der Waals surface area (Å²) in [6.07, 6.45) is 0.833. The molecular weight excluding hydrogens is 212 g/mol. The van der Waals surface area contributed by atoms with Gasteiger partial charge >= 0.3 is 0 Å². The van der Waals surface area contributed by atoms with E-state index in [4.69, 9.17) is 5.11 Å². The third-order valence-electron chi connectivity index (χ3n) is 2.31. The highest BCUT2D eigenvalue weighted by atomic mass is 32.2. The topological polar surface area (TPSA) is 61.4 Å². The van der Waals surface area contributed by atoms with E-state index >= 15 is 0 Å². The average molecular weight is 232 g/mol. The SMILES string of the molecule is CC(O)CCNC(=O)CC1CSCCN1. The van der Waals surface area contributed by atoms with Crippen LogP contribution in [0.15, 0.2) is 0 Å². The number of aliphatic hydroxyl groups excluding tert-OH is 1. The van der Waals surface area contributed by atoms with E-state index in [0.29, 0.717) is 25.4 Å². The molecule has 88 valence electrons. The Hall–Kier alpha value is -0.260. The molecule has 0 aromatic heterocycles. The van der Waals surface area contributed by atoms with E-state index in [9.17, 15) is 4.79 Å². The number of thioether (sulfide) groups is 1. The first-order valence-electron chi connectivity index (χ1n) is 5.44. The predicted octanol–water partition coefficient (Wildman–Crippen LogP) is -0.0314. The van der Waals surface area contributed by atoms with Crippen LogP contribution in [0.4, 0.5) is 0 Å². The molecule has 0 aromatic rings. The molecule has 5 heteroatoms. The number of hydrogen-bond donors (Lipinski definition) is 3. The Morgan fingerprint density at radius 1 is 1.73 bits per heavy atom. The molecule has 0 aromatic carbocycles. The molecule has 0 aliphatic carbocycles. The second-order valence-corrected chi connectivity index (χ2v) is 5.07. The zero-order valence-corrected chi connectivity index (χ0v) is 9.98. The molecule has 4 nitrogen and oxygen atoms in total. The summed E-state index contributed by atoms with van der Waals surface area (Å²) < 4.78 is 0. The van der Waals surface area contributed by atoms with Crippen molar-refractivity contribution in [3.8, 4) is 0 Å². The number of amides is 1. The summed E-state index contributed by atoms with van der Waals surface area (Å²) in [5, 5.41) is 15.2. The smallest absolute Gasteiger partial charge is 0.221 e. The van der Waals surface area contributed by atoms with Gasteiger partial charge in [-0.3, -0.25) is 4.79 Å². The molecular formula is C10H20N2O2S. The van der Waals surface area contributed by atoms with Crippen molar-refractivity contribution in [3.05, 3.63) is 0 Å². The highest BCUT2D eigenvalue weighted by Crippen LogP contribution is 2.09. The first-order valence-corrected chi connectivity index (χ1v) is 6.60. The van der Waals surface area contributed by atoms with Gasteiger partial charge in [0.15, 0.2) is 0 Å². The van der Waals surface area contributed by atoms with Gasteiger partial charge in [0.05, 0.1) is 6.10 Å². The van der Waals surface area contributed by atoms with Crippen molar-refractivity contribution < 1.29 is 9.90 Å². The lowest BCUT2D eigenvalue weighted by Gasteiger charge is -2.22. The number of rotatable bonds is 5. The summed E-state index contributed by atoms with van der Waals surface area (Å²) in [4.78, 5) is 11.5. The van der Waals surface area contributed by atoms with Crippen LogP contribution in [0, 0.1) is 0 Å². The van der Waals surface area contributed by atoms with Crippen molar-refractivity contribution in [2.45, 2.75) is 31.9 Å². The zero-order valence-electron chi connectivity index (χ0n) is 9.16. The van der Waals surface area contributed by atoms with Crippen LogP contribution in [0.5, 0.6) is 0 Å². The van der Waals surface area contributed by atoms with Crippen LogP contribution >= 0.6 is 11.8 Å². The van der Waals surface area contributed by atoms with Crippen LogP contribution in [0.1, 0.15) is 19.8 Å². The van der Waals surface area contributed by atoms with Gasteiger partial charge in [0.2, 0.25) is 5.91 Å². The predicted molar refractivity (Wildman–Crippen MR) is 63.0 cm³/mol. The molecule has 15 heavy (non-hydrogen) atoms. The highest BCUT2D eigenvalue weighted by molar-refractivity contribution is 7.99. The maximum Gasteiger partial charge on any atom is 0.221 e. The van der Waals surface area contributed by atoms with Gasteiger partial charge in [-0.25, -0.2) is 0 Å². The Morgan fingerprint density at radius 2 is 2.53 bits per heavy atom. The molecule has 1 rings (SSSR count). The summed E-state index contributed by atoms with van der Waals surface area (Å²) in [5.41, 5.74) is 0. The normalized spacial score (nSPS) is 23.5. The minimum Gasteiger partial charge on any atom is -0.393 e. The summed E-state index contributed by atoms with van der Waals surface area (Å²) in [7, 11) is 0. The monoisotopic (exact) mass is 232 g/mol. The van der Waals surface area contributed by atoms with Crippen LogP contribution in [0.3, 0.4) is 0 Å². The van der Waals surface area contributed by atoms with E-state index in [1.54, 1.807) is 6.92 Å². The van der Waals surface area contributed by atoms with Crippen LogP contribution in [0.2, 0.25) is 0 Å². The summed E-state index contributed by atoms with van der Waals surface area (Å²) in [6.45, 7) is 3.29. The summed E-state index contributed by atoms with van der Waals surface area (Å²) >= 11 is 1.89. The Balaban J connectivity index is 2.06. The Morgan fingerprint density at radius 3 is 3.13 bits per heavy atom. The van der Waals surface area contributed by atoms with Crippen LogP contribution in [0.25, 0.3) is 0 Å². The lowest BCUT2D eigenvalue weighted by Crippen LogP contribution is -2.41. The second-order valence-electron chi connectivity index (χ2n) is 3.92. The molecule has 1 heterocycles. The largest absolute Gasteiger partial charge is 0.393 e. The van der Waals surface area contributed by atoms with Crippen LogP contribution < -0.4 is 10.6 Å². The molecule has 1 fully saturated rings. The van der Waals surface area contributed by atoms with E-state index in [0.717, 1.165) is 18.1 Å². The van der Waals surface area contributed by atoms with E-state index in [1.807, 2.05) is 11.8 Å². The molecule has 1 aliphatic heterocycles. The standard InChI is InChI=1S/C10H20N2O2S/c1-8(13)2-3-12-10(14)6-9-7-15-5-4-11-9/h8-9,11,13H,2-7H2,1H3,(H,12,14). The minimum absolute atomic E-state index is 0.0793. The molecule has 1 saturated heterocycles. The lowest BCUT2D eigenvalue weighted by atomic mass is 10.2.